The standard InChI is InChI=1S/C14H17NO2/c16-10-15-12-9-14(7-3-4-8-14)17-13-6-2-1-5-11(12)13/h1-2,5-6,10,12H,3-4,7-9H2,(H,15,16). The van der Waals surface area contributed by atoms with Crippen molar-refractivity contribution in [1.82, 2.24) is 5.32 Å². The van der Waals surface area contributed by atoms with Crippen molar-refractivity contribution in [2.24, 2.45) is 0 Å². The van der Waals surface area contributed by atoms with E-state index in [0.717, 1.165) is 37.0 Å². The first-order valence-corrected chi connectivity index (χ1v) is 6.31. The van der Waals surface area contributed by atoms with Gasteiger partial charge in [-0.25, -0.2) is 0 Å². The number of fused-ring (bicyclic) bond motifs is 1. The van der Waals surface area contributed by atoms with Crippen LogP contribution in [0.3, 0.4) is 0 Å². The average Bonchev–Trinajstić information content (AvgIpc) is 2.77. The number of rotatable bonds is 2. The van der Waals surface area contributed by atoms with Gasteiger partial charge in [0.15, 0.2) is 0 Å². The van der Waals surface area contributed by atoms with Gasteiger partial charge in [-0.2, -0.15) is 0 Å². The summed E-state index contributed by atoms with van der Waals surface area (Å²) in [6.45, 7) is 0. The van der Waals surface area contributed by atoms with Crippen molar-refractivity contribution >= 4 is 6.41 Å². The van der Waals surface area contributed by atoms with Crippen molar-refractivity contribution in [3.05, 3.63) is 29.8 Å². The highest BCUT2D eigenvalue weighted by atomic mass is 16.5. The minimum Gasteiger partial charge on any atom is -0.487 e. The van der Waals surface area contributed by atoms with E-state index in [4.69, 9.17) is 4.74 Å². The molecule has 17 heavy (non-hydrogen) atoms. The van der Waals surface area contributed by atoms with Gasteiger partial charge >= 0.3 is 0 Å². The molecular formula is C14H17NO2. The smallest absolute Gasteiger partial charge is 0.207 e. The van der Waals surface area contributed by atoms with Crippen LogP contribution in [0.25, 0.3) is 0 Å². The van der Waals surface area contributed by atoms with E-state index in [-0.39, 0.29) is 11.6 Å². The Morgan fingerprint density at radius 2 is 2.06 bits per heavy atom. The largest absolute Gasteiger partial charge is 0.487 e. The van der Waals surface area contributed by atoms with Gasteiger partial charge in [0.1, 0.15) is 11.4 Å². The summed E-state index contributed by atoms with van der Waals surface area (Å²) in [6, 6.07) is 8.14. The number of nitrogens with one attached hydrogen (secondary N) is 1. The summed E-state index contributed by atoms with van der Waals surface area (Å²) in [4.78, 5) is 10.7. The zero-order valence-electron chi connectivity index (χ0n) is 9.82. The first-order valence-electron chi connectivity index (χ1n) is 6.31. The maximum atomic E-state index is 10.7. The molecule has 0 saturated heterocycles. The summed E-state index contributed by atoms with van der Waals surface area (Å²) in [6.07, 6.45) is 6.39. The highest BCUT2D eigenvalue weighted by Gasteiger charge is 2.42. The Kier molecular flexibility index (Phi) is 2.54. The molecule has 1 N–H and O–H groups in total. The van der Waals surface area contributed by atoms with Crippen LogP contribution in [0.4, 0.5) is 0 Å². The number of carbonyl (C=O) groups is 1. The van der Waals surface area contributed by atoms with E-state index in [1.54, 1.807) is 0 Å². The number of hydrogen-bond acceptors (Lipinski definition) is 2. The SMILES string of the molecule is O=CNC1CC2(CCCC2)Oc2ccccc21. The Hall–Kier alpha value is -1.51. The van der Waals surface area contributed by atoms with Gasteiger partial charge in [-0.1, -0.05) is 18.2 Å². The lowest BCUT2D eigenvalue weighted by atomic mass is 9.86. The molecule has 1 amide bonds. The Morgan fingerprint density at radius 3 is 2.82 bits per heavy atom. The lowest BCUT2D eigenvalue weighted by molar-refractivity contribution is -0.110. The van der Waals surface area contributed by atoms with Gasteiger partial charge in [0, 0.05) is 12.0 Å². The number of ether oxygens (including phenoxy) is 1. The molecule has 1 unspecified atom stereocenters. The second kappa shape index (κ2) is 4.06. The maximum absolute atomic E-state index is 10.7. The monoisotopic (exact) mass is 231 g/mol. The van der Waals surface area contributed by atoms with Crippen molar-refractivity contribution in [2.45, 2.75) is 43.7 Å². The zero-order chi connectivity index (χ0) is 11.7. The van der Waals surface area contributed by atoms with Crippen LogP contribution >= 0.6 is 0 Å². The third kappa shape index (κ3) is 1.79. The first kappa shape index (κ1) is 10.6. The molecule has 1 fully saturated rings. The molecule has 1 spiro atoms. The molecular weight excluding hydrogens is 214 g/mol. The summed E-state index contributed by atoms with van der Waals surface area (Å²) < 4.78 is 6.20. The molecule has 0 radical (unpaired) electrons. The summed E-state index contributed by atoms with van der Waals surface area (Å²) in [5.74, 6) is 0.944. The van der Waals surface area contributed by atoms with Crippen molar-refractivity contribution in [1.29, 1.82) is 0 Å². The molecule has 90 valence electrons. The van der Waals surface area contributed by atoms with Gasteiger partial charge in [0.2, 0.25) is 6.41 Å². The summed E-state index contributed by atoms with van der Waals surface area (Å²) in [5, 5.41) is 2.93. The lowest BCUT2D eigenvalue weighted by Gasteiger charge is -2.39. The Morgan fingerprint density at radius 1 is 1.29 bits per heavy atom. The number of para-hydroxylation sites is 1. The molecule has 1 aliphatic heterocycles. The normalized spacial score (nSPS) is 25.1. The van der Waals surface area contributed by atoms with Gasteiger partial charge in [-0.15, -0.1) is 0 Å². The van der Waals surface area contributed by atoms with E-state index in [1.807, 2.05) is 24.3 Å². The second-order valence-electron chi connectivity index (χ2n) is 5.07. The fraction of sp³-hybridized carbons (Fsp3) is 0.500. The fourth-order valence-corrected chi connectivity index (χ4v) is 3.17. The van der Waals surface area contributed by atoms with Crippen molar-refractivity contribution in [3.63, 3.8) is 0 Å². The van der Waals surface area contributed by atoms with E-state index in [2.05, 4.69) is 5.32 Å². The average molecular weight is 231 g/mol. The van der Waals surface area contributed by atoms with E-state index < -0.39 is 0 Å². The van der Waals surface area contributed by atoms with Crippen LogP contribution in [0.5, 0.6) is 5.75 Å². The minimum atomic E-state index is -0.0327. The van der Waals surface area contributed by atoms with Gasteiger partial charge in [0.25, 0.3) is 0 Å². The van der Waals surface area contributed by atoms with Crippen LogP contribution in [0.2, 0.25) is 0 Å². The third-order valence-electron chi connectivity index (χ3n) is 3.98. The molecule has 1 heterocycles. The second-order valence-corrected chi connectivity index (χ2v) is 5.07. The molecule has 1 aromatic rings. The van der Waals surface area contributed by atoms with E-state index in [9.17, 15) is 4.79 Å². The molecule has 1 atom stereocenters. The van der Waals surface area contributed by atoms with Crippen LogP contribution in [0.1, 0.15) is 43.7 Å². The molecule has 2 aliphatic rings. The van der Waals surface area contributed by atoms with Crippen LogP contribution in [0, 0.1) is 0 Å². The molecule has 0 aromatic heterocycles. The first-order chi connectivity index (χ1) is 8.33. The number of carbonyl (C=O) groups excluding carboxylic acids is 1. The molecule has 0 bridgehead atoms. The topological polar surface area (TPSA) is 38.3 Å². The predicted octanol–water partition coefficient (Wildman–Crippen LogP) is 2.57. The third-order valence-corrected chi connectivity index (χ3v) is 3.98. The predicted molar refractivity (Wildman–Crippen MR) is 64.8 cm³/mol. The van der Waals surface area contributed by atoms with Gasteiger partial charge < -0.3 is 10.1 Å². The summed E-state index contributed by atoms with van der Waals surface area (Å²) in [7, 11) is 0. The Labute approximate surface area is 101 Å². The van der Waals surface area contributed by atoms with Gasteiger partial charge in [-0.3, -0.25) is 4.79 Å². The minimum absolute atomic E-state index is 0.0327. The molecule has 1 aromatic carbocycles. The summed E-state index contributed by atoms with van der Waals surface area (Å²) in [5.41, 5.74) is 1.08. The van der Waals surface area contributed by atoms with E-state index in [0.29, 0.717) is 0 Å². The van der Waals surface area contributed by atoms with E-state index >= 15 is 0 Å². The fourth-order valence-electron chi connectivity index (χ4n) is 3.17. The quantitative estimate of drug-likeness (QED) is 0.794. The van der Waals surface area contributed by atoms with Crippen LogP contribution in [-0.2, 0) is 4.79 Å². The van der Waals surface area contributed by atoms with E-state index in [1.165, 1.54) is 12.8 Å². The molecule has 3 heteroatoms. The molecule has 1 saturated carbocycles. The highest BCUT2D eigenvalue weighted by molar-refractivity contribution is 5.50. The van der Waals surface area contributed by atoms with Crippen molar-refractivity contribution in [2.75, 3.05) is 0 Å². The van der Waals surface area contributed by atoms with Crippen molar-refractivity contribution < 1.29 is 9.53 Å². The zero-order valence-corrected chi connectivity index (χ0v) is 9.82. The molecule has 3 nitrogen and oxygen atoms in total. The van der Waals surface area contributed by atoms with Crippen molar-refractivity contribution in [3.8, 4) is 5.75 Å². The Balaban J connectivity index is 1.97. The van der Waals surface area contributed by atoms with Gasteiger partial charge in [0.05, 0.1) is 6.04 Å². The number of benzene rings is 1. The molecule has 1 aliphatic carbocycles. The van der Waals surface area contributed by atoms with Crippen LogP contribution in [0.15, 0.2) is 24.3 Å². The lowest BCUT2D eigenvalue weighted by Crippen LogP contribution is -2.41. The molecule has 3 rings (SSSR count). The number of hydrogen-bond donors (Lipinski definition) is 1. The number of amides is 1. The van der Waals surface area contributed by atoms with Crippen LogP contribution < -0.4 is 10.1 Å². The van der Waals surface area contributed by atoms with Crippen LogP contribution in [-0.4, -0.2) is 12.0 Å². The highest BCUT2D eigenvalue weighted by Crippen LogP contribution is 2.46. The maximum Gasteiger partial charge on any atom is 0.207 e. The Bertz CT molecular complexity index is 424. The van der Waals surface area contributed by atoms with Gasteiger partial charge in [-0.05, 0) is 31.7 Å². The summed E-state index contributed by atoms with van der Waals surface area (Å²) >= 11 is 0.